The minimum Gasteiger partial charge on any atom is -0.294 e. The molecule has 0 fully saturated rings. The molecule has 1 amide bonds. The minimum absolute atomic E-state index is 0.0381. The first-order valence-electron chi connectivity index (χ1n) is 6.88. The van der Waals surface area contributed by atoms with Gasteiger partial charge in [0.25, 0.3) is 5.91 Å². The normalized spacial score (nSPS) is 10.8. The number of carbonyl (C=O) groups is 2. The van der Waals surface area contributed by atoms with Crippen LogP contribution in [-0.4, -0.2) is 22.7 Å². The molecule has 0 aliphatic heterocycles. The summed E-state index contributed by atoms with van der Waals surface area (Å²) in [5.41, 5.74) is 1.19. The molecule has 1 heterocycles. The Balaban J connectivity index is 2.42. The van der Waals surface area contributed by atoms with E-state index in [1.807, 2.05) is 13.8 Å². The van der Waals surface area contributed by atoms with E-state index in [4.69, 9.17) is 11.6 Å². The number of hydrogen-bond acceptors (Lipinski definition) is 4. The van der Waals surface area contributed by atoms with Crippen LogP contribution >= 0.6 is 22.9 Å². The van der Waals surface area contributed by atoms with Crippen LogP contribution < -0.4 is 4.90 Å². The Bertz CT molecular complexity index is 707. The van der Waals surface area contributed by atoms with Gasteiger partial charge >= 0.3 is 0 Å². The van der Waals surface area contributed by atoms with Crippen LogP contribution in [0.3, 0.4) is 0 Å². The number of thiazole rings is 1. The Morgan fingerprint density at radius 3 is 2.27 bits per heavy atom. The number of nitrogens with zero attached hydrogens (tertiary/aromatic N) is 2. The molecule has 6 heteroatoms. The monoisotopic (exact) mass is 336 g/mol. The lowest BCUT2D eigenvalue weighted by Gasteiger charge is -2.24. The Morgan fingerprint density at radius 1 is 1.23 bits per heavy atom. The molecule has 0 saturated heterocycles. The van der Waals surface area contributed by atoms with Crippen LogP contribution in [0.15, 0.2) is 24.3 Å². The fourth-order valence-corrected chi connectivity index (χ4v) is 3.31. The molecule has 0 aliphatic rings. The van der Waals surface area contributed by atoms with Gasteiger partial charge in [-0.05, 0) is 45.0 Å². The summed E-state index contributed by atoms with van der Waals surface area (Å²) in [6, 6.07) is 6.66. The van der Waals surface area contributed by atoms with E-state index in [0.29, 0.717) is 26.3 Å². The predicted molar refractivity (Wildman–Crippen MR) is 90.3 cm³/mol. The van der Waals surface area contributed by atoms with Crippen molar-refractivity contribution in [1.82, 2.24) is 4.98 Å². The van der Waals surface area contributed by atoms with Gasteiger partial charge in [-0.2, -0.15) is 0 Å². The molecule has 0 aliphatic carbocycles. The average molecular weight is 337 g/mol. The van der Waals surface area contributed by atoms with Crippen molar-refractivity contribution >= 4 is 39.8 Å². The van der Waals surface area contributed by atoms with Crippen molar-refractivity contribution in [2.45, 2.75) is 33.7 Å². The molecule has 0 atom stereocenters. The maximum atomic E-state index is 12.8. The summed E-state index contributed by atoms with van der Waals surface area (Å²) in [7, 11) is 0. The molecule has 116 valence electrons. The fourth-order valence-electron chi connectivity index (χ4n) is 2.09. The van der Waals surface area contributed by atoms with E-state index < -0.39 is 0 Å². The zero-order valence-electron chi connectivity index (χ0n) is 12.9. The van der Waals surface area contributed by atoms with Crippen LogP contribution in [0.1, 0.15) is 46.5 Å². The van der Waals surface area contributed by atoms with E-state index in [9.17, 15) is 9.59 Å². The standard InChI is InChI=1S/C16H17ClN2O2S/c1-9(2)19(15(21)12-5-7-13(17)8-6-12)16-18-10(3)14(22-16)11(4)20/h5-9H,1-4H3. The Hall–Kier alpha value is -1.72. The SMILES string of the molecule is CC(=O)c1sc(N(C(=O)c2ccc(Cl)cc2)C(C)C)nc1C. The van der Waals surface area contributed by atoms with E-state index in [0.717, 1.165) is 0 Å². The number of carbonyl (C=O) groups excluding carboxylic acids is 2. The number of aromatic nitrogens is 1. The van der Waals surface area contributed by atoms with Gasteiger partial charge in [0.2, 0.25) is 0 Å². The smallest absolute Gasteiger partial charge is 0.260 e. The molecule has 0 N–H and O–H groups in total. The van der Waals surface area contributed by atoms with E-state index in [1.165, 1.54) is 18.3 Å². The van der Waals surface area contributed by atoms with Gasteiger partial charge in [0.1, 0.15) is 0 Å². The molecular weight excluding hydrogens is 320 g/mol. The Morgan fingerprint density at radius 2 is 1.82 bits per heavy atom. The first-order valence-corrected chi connectivity index (χ1v) is 8.08. The van der Waals surface area contributed by atoms with Crippen molar-refractivity contribution < 1.29 is 9.59 Å². The van der Waals surface area contributed by atoms with E-state index >= 15 is 0 Å². The molecule has 0 radical (unpaired) electrons. The number of aryl methyl sites for hydroxylation is 1. The van der Waals surface area contributed by atoms with Crippen LogP contribution in [-0.2, 0) is 0 Å². The lowest BCUT2D eigenvalue weighted by atomic mass is 10.2. The number of amides is 1. The van der Waals surface area contributed by atoms with Gasteiger partial charge in [0.05, 0.1) is 10.6 Å². The van der Waals surface area contributed by atoms with Gasteiger partial charge in [-0.1, -0.05) is 22.9 Å². The summed E-state index contributed by atoms with van der Waals surface area (Å²) in [5.74, 6) is -0.195. The third-order valence-electron chi connectivity index (χ3n) is 3.14. The summed E-state index contributed by atoms with van der Waals surface area (Å²) in [5, 5.41) is 1.12. The number of rotatable bonds is 4. The van der Waals surface area contributed by atoms with Crippen molar-refractivity contribution in [3.63, 3.8) is 0 Å². The molecule has 2 aromatic rings. The Labute approximate surface area is 138 Å². The van der Waals surface area contributed by atoms with Crippen molar-refractivity contribution in [3.8, 4) is 0 Å². The number of hydrogen-bond donors (Lipinski definition) is 0. The second-order valence-electron chi connectivity index (χ2n) is 5.24. The maximum absolute atomic E-state index is 12.8. The second kappa shape index (κ2) is 6.58. The van der Waals surface area contributed by atoms with Crippen LogP contribution in [0.4, 0.5) is 5.13 Å². The summed E-state index contributed by atoms with van der Waals surface area (Å²) >= 11 is 7.11. The van der Waals surface area contributed by atoms with Crippen LogP contribution in [0.2, 0.25) is 5.02 Å². The molecule has 2 rings (SSSR count). The van der Waals surface area contributed by atoms with Crippen LogP contribution in [0, 0.1) is 6.92 Å². The maximum Gasteiger partial charge on any atom is 0.260 e. The van der Waals surface area contributed by atoms with E-state index in [2.05, 4.69) is 4.98 Å². The lowest BCUT2D eigenvalue weighted by Crippen LogP contribution is -2.37. The van der Waals surface area contributed by atoms with E-state index in [1.54, 1.807) is 36.1 Å². The average Bonchev–Trinajstić information content (AvgIpc) is 2.81. The van der Waals surface area contributed by atoms with E-state index in [-0.39, 0.29) is 17.7 Å². The zero-order chi connectivity index (χ0) is 16.4. The molecule has 4 nitrogen and oxygen atoms in total. The quantitative estimate of drug-likeness (QED) is 0.779. The third-order valence-corrected chi connectivity index (χ3v) is 4.65. The fraction of sp³-hybridized carbons (Fsp3) is 0.312. The largest absolute Gasteiger partial charge is 0.294 e. The summed E-state index contributed by atoms with van der Waals surface area (Å²) in [4.78, 5) is 30.9. The van der Waals surface area contributed by atoms with Crippen molar-refractivity contribution in [2.75, 3.05) is 4.90 Å². The number of anilines is 1. The number of Topliss-reactive ketones (excluding diaryl/α,β-unsaturated/α-hetero) is 1. The van der Waals surface area contributed by atoms with Crippen molar-refractivity contribution in [2.24, 2.45) is 0 Å². The molecule has 22 heavy (non-hydrogen) atoms. The topological polar surface area (TPSA) is 50.3 Å². The van der Waals surface area contributed by atoms with Crippen LogP contribution in [0.25, 0.3) is 0 Å². The van der Waals surface area contributed by atoms with Gasteiger partial charge in [-0.25, -0.2) is 4.98 Å². The lowest BCUT2D eigenvalue weighted by molar-refractivity contribution is 0.0978. The van der Waals surface area contributed by atoms with Crippen molar-refractivity contribution in [3.05, 3.63) is 45.4 Å². The van der Waals surface area contributed by atoms with Gasteiger partial charge in [-0.3, -0.25) is 14.5 Å². The highest BCUT2D eigenvalue weighted by molar-refractivity contribution is 7.17. The van der Waals surface area contributed by atoms with Crippen molar-refractivity contribution in [1.29, 1.82) is 0 Å². The molecule has 1 aromatic carbocycles. The zero-order valence-corrected chi connectivity index (χ0v) is 14.5. The minimum atomic E-state index is -0.157. The molecule has 0 saturated carbocycles. The first kappa shape index (κ1) is 16.6. The number of halogens is 1. The summed E-state index contributed by atoms with van der Waals surface area (Å²) in [6.07, 6.45) is 0. The summed E-state index contributed by atoms with van der Waals surface area (Å²) < 4.78 is 0. The molecular formula is C16H17ClN2O2S. The van der Waals surface area contributed by atoms with Gasteiger partial charge in [0, 0.05) is 23.6 Å². The highest BCUT2D eigenvalue weighted by Gasteiger charge is 2.25. The molecule has 1 aromatic heterocycles. The third kappa shape index (κ3) is 3.36. The van der Waals surface area contributed by atoms with Crippen LogP contribution in [0.5, 0.6) is 0 Å². The highest BCUT2D eigenvalue weighted by atomic mass is 35.5. The number of benzene rings is 1. The van der Waals surface area contributed by atoms with Gasteiger partial charge in [-0.15, -0.1) is 0 Å². The van der Waals surface area contributed by atoms with Gasteiger partial charge < -0.3 is 0 Å². The molecule has 0 unspecified atom stereocenters. The number of ketones is 1. The first-order chi connectivity index (χ1) is 10.3. The predicted octanol–water partition coefficient (Wildman–Crippen LogP) is 4.36. The summed E-state index contributed by atoms with van der Waals surface area (Å²) in [6.45, 7) is 7.11. The molecule has 0 spiro atoms. The highest BCUT2D eigenvalue weighted by Crippen LogP contribution is 2.29. The second-order valence-corrected chi connectivity index (χ2v) is 6.66. The van der Waals surface area contributed by atoms with Gasteiger partial charge in [0.15, 0.2) is 10.9 Å². The molecule has 0 bridgehead atoms. The Kier molecular flexibility index (Phi) is 4.98.